The van der Waals surface area contributed by atoms with E-state index < -0.39 is 60.6 Å². The molecule has 6 aromatic carbocycles. The topological polar surface area (TPSA) is 103 Å². The van der Waals surface area contributed by atoms with E-state index in [1.165, 1.54) is 11.8 Å². The van der Waals surface area contributed by atoms with Crippen LogP contribution in [0.1, 0.15) is 33.4 Å². The molecule has 2 heterocycles. The van der Waals surface area contributed by atoms with Crippen molar-refractivity contribution in [2.75, 3.05) is 19.5 Å². The van der Waals surface area contributed by atoms with Gasteiger partial charge in [-0.25, -0.2) is 0 Å². The molecule has 0 spiro atoms. The van der Waals surface area contributed by atoms with Gasteiger partial charge < -0.3 is 47.7 Å². The number of thioether (sulfide) groups is 1. The molecule has 8 rings (SSSR count). The van der Waals surface area contributed by atoms with Crippen molar-refractivity contribution in [2.24, 2.45) is 0 Å². The van der Waals surface area contributed by atoms with E-state index in [0.717, 1.165) is 33.4 Å². The van der Waals surface area contributed by atoms with Crippen LogP contribution in [0.3, 0.4) is 0 Å². The molecular formula is C55H60O10S. The fourth-order valence-corrected chi connectivity index (χ4v) is 9.04. The Kier molecular flexibility index (Phi) is 18.4. The first-order valence-electron chi connectivity index (χ1n) is 22.6. The molecule has 66 heavy (non-hydrogen) atoms. The highest BCUT2D eigenvalue weighted by atomic mass is 32.2. The zero-order valence-corrected chi connectivity index (χ0v) is 38.1. The number of ether oxygens (including phenoxy) is 9. The Labute approximate surface area is 393 Å². The Morgan fingerprint density at radius 1 is 0.394 bits per heavy atom. The summed E-state index contributed by atoms with van der Waals surface area (Å²) in [6.07, 6.45) is -4.90. The van der Waals surface area contributed by atoms with Gasteiger partial charge in [0.25, 0.3) is 0 Å². The molecule has 2 saturated heterocycles. The Hall–Kier alpha value is -4.73. The summed E-state index contributed by atoms with van der Waals surface area (Å²) in [5.74, 6) is 0. The number of hydrogen-bond donors (Lipinski definition) is 1. The van der Waals surface area contributed by atoms with E-state index in [4.69, 9.17) is 42.6 Å². The molecule has 1 N–H and O–H groups in total. The Balaban J connectivity index is 1.14. The molecule has 2 aliphatic rings. The Morgan fingerprint density at radius 3 is 1.11 bits per heavy atom. The molecule has 4 unspecified atom stereocenters. The van der Waals surface area contributed by atoms with Crippen LogP contribution in [0.4, 0.5) is 0 Å². The first kappa shape index (κ1) is 47.8. The molecule has 2 fully saturated rings. The minimum Gasteiger partial charge on any atom is -0.394 e. The van der Waals surface area contributed by atoms with Gasteiger partial charge in [-0.15, -0.1) is 11.8 Å². The van der Waals surface area contributed by atoms with E-state index in [0.29, 0.717) is 13.2 Å². The predicted octanol–water partition coefficient (Wildman–Crippen LogP) is 9.32. The van der Waals surface area contributed by atoms with Crippen molar-refractivity contribution in [3.63, 3.8) is 0 Å². The van der Waals surface area contributed by atoms with E-state index >= 15 is 0 Å². The largest absolute Gasteiger partial charge is 0.394 e. The molecule has 0 bridgehead atoms. The standard InChI is InChI=1S/C55H60O10S/c1-66-55-53(51(61-37-44-28-16-6-17-29-44)49(59-35-42-24-12-4-13-25-42)47(64-55)39-57-33-40-20-8-2-9-21-40)65-54-52(62-38-45-30-18-7-19-31-45)50(60-36-43-26-14-5-15-27-43)48(46(32-56)63-54)58-34-41-22-10-3-11-23-41/h2-31,46-56H,32-39H2,1H3/t46?,47?,48-,49+,50-,51-,52?,53?,54-,55-/m1/s1. The van der Waals surface area contributed by atoms with Gasteiger partial charge in [-0.05, 0) is 39.6 Å². The summed E-state index contributed by atoms with van der Waals surface area (Å²) < 4.78 is 61.9. The van der Waals surface area contributed by atoms with Gasteiger partial charge in [0.15, 0.2) is 6.29 Å². The van der Waals surface area contributed by atoms with E-state index in [-0.39, 0.29) is 39.6 Å². The molecule has 6 aromatic rings. The maximum Gasteiger partial charge on any atom is 0.187 e. The minimum atomic E-state index is -1.07. The van der Waals surface area contributed by atoms with E-state index in [1.807, 2.05) is 188 Å². The van der Waals surface area contributed by atoms with Gasteiger partial charge in [0.2, 0.25) is 0 Å². The summed E-state index contributed by atoms with van der Waals surface area (Å²) in [4.78, 5) is 0. The van der Waals surface area contributed by atoms with Gasteiger partial charge in [-0.2, -0.15) is 0 Å². The van der Waals surface area contributed by atoms with Crippen LogP contribution >= 0.6 is 11.8 Å². The molecule has 0 amide bonds. The monoisotopic (exact) mass is 912 g/mol. The van der Waals surface area contributed by atoms with Crippen LogP contribution in [0.25, 0.3) is 0 Å². The van der Waals surface area contributed by atoms with Gasteiger partial charge in [-0.3, -0.25) is 0 Å². The lowest BCUT2D eigenvalue weighted by Gasteiger charge is -2.50. The van der Waals surface area contributed by atoms with Gasteiger partial charge >= 0.3 is 0 Å². The number of aliphatic hydroxyl groups excluding tert-OH is 1. The van der Waals surface area contributed by atoms with E-state index in [2.05, 4.69) is 0 Å². The zero-order valence-electron chi connectivity index (χ0n) is 37.3. The second-order valence-electron chi connectivity index (χ2n) is 16.4. The third kappa shape index (κ3) is 13.5. The van der Waals surface area contributed by atoms with Crippen LogP contribution in [-0.4, -0.2) is 85.1 Å². The first-order valence-corrected chi connectivity index (χ1v) is 23.9. The number of benzene rings is 6. The van der Waals surface area contributed by atoms with Gasteiger partial charge in [0.1, 0.15) is 54.3 Å². The van der Waals surface area contributed by atoms with Crippen LogP contribution in [0.2, 0.25) is 0 Å². The summed E-state index contributed by atoms with van der Waals surface area (Å²) in [5, 5.41) is 11.1. The molecule has 0 aromatic heterocycles. The van der Waals surface area contributed by atoms with Crippen LogP contribution < -0.4 is 0 Å². The van der Waals surface area contributed by atoms with Crippen LogP contribution in [0.15, 0.2) is 182 Å². The highest BCUT2D eigenvalue weighted by molar-refractivity contribution is 7.99. The highest BCUT2D eigenvalue weighted by Gasteiger charge is 2.54. The number of rotatable bonds is 23. The molecule has 2 aliphatic heterocycles. The number of hydrogen-bond acceptors (Lipinski definition) is 11. The maximum absolute atomic E-state index is 11.1. The van der Waals surface area contributed by atoms with Crippen LogP contribution in [0, 0.1) is 0 Å². The minimum absolute atomic E-state index is 0.236. The summed E-state index contributed by atoms with van der Waals surface area (Å²) >= 11 is 1.51. The SMILES string of the molecule is CS[C@H]1OC(COCc2ccccc2)[C@H](OCc2ccccc2)[C@@H](OCc2ccccc2)C1O[C@H]1OC(CO)[C@@H](OCc2ccccc2)[C@@H](OCc2ccccc2)C1OCc1ccccc1. The molecule has 10 nitrogen and oxygen atoms in total. The first-order chi connectivity index (χ1) is 32.6. The summed E-state index contributed by atoms with van der Waals surface area (Å²) in [6.45, 7) is 1.64. The summed E-state index contributed by atoms with van der Waals surface area (Å²) in [5.41, 5.74) is 5.40. The fraction of sp³-hybridized carbons (Fsp3) is 0.345. The van der Waals surface area contributed by atoms with Crippen molar-refractivity contribution in [3.05, 3.63) is 215 Å². The third-order valence-corrected chi connectivity index (χ3v) is 12.5. The number of aliphatic hydroxyl groups is 1. The van der Waals surface area contributed by atoms with Gasteiger partial charge in [0.05, 0.1) is 52.9 Å². The third-order valence-electron chi connectivity index (χ3n) is 11.7. The van der Waals surface area contributed by atoms with Gasteiger partial charge in [0, 0.05) is 0 Å². The molecular weight excluding hydrogens is 853 g/mol. The zero-order chi connectivity index (χ0) is 45.2. The lowest BCUT2D eigenvalue weighted by Crippen LogP contribution is -2.65. The highest BCUT2D eigenvalue weighted by Crippen LogP contribution is 2.38. The average Bonchev–Trinajstić information content (AvgIpc) is 3.38. The lowest BCUT2D eigenvalue weighted by molar-refractivity contribution is -0.356. The van der Waals surface area contributed by atoms with Gasteiger partial charge in [-0.1, -0.05) is 182 Å². The van der Waals surface area contributed by atoms with Crippen molar-refractivity contribution in [3.8, 4) is 0 Å². The van der Waals surface area contributed by atoms with Crippen molar-refractivity contribution in [2.45, 2.75) is 100 Å². The smallest absolute Gasteiger partial charge is 0.187 e. The van der Waals surface area contributed by atoms with E-state index in [1.54, 1.807) is 0 Å². The summed E-state index contributed by atoms with van der Waals surface area (Å²) in [6, 6.07) is 60.0. The Bertz CT molecular complexity index is 2230. The lowest BCUT2D eigenvalue weighted by atomic mass is 9.96. The van der Waals surface area contributed by atoms with Crippen molar-refractivity contribution in [1.82, 2.24) is 0 Å². The average molecular weight is 913 g/mol. The van der Waals surface area contributed by atoms with Crippen molar-refractivity contribution in [1.29, 1.82) is 0 Å². The van der Waals surface area contributed by atoms with Crippen molar-refractivity contribution >= 4 is 11.8 Å². The molecule has 0 radical (unpaired) electrons. The normalized spacial score (nSPS) is 25.4. The van der Waals surface area contributed by atoms with Crippen LogP contribution in [-0.2, 0) is 82.3 Å². The second-order valence-corrected chi connectivity index (χ2v) is 17.3. The molecule has 0 aliphatic carbocycles. The predicted molar refractivity (Wildman–Crippen MR) is 254 cm³/mol. The van der Waals surface area contributed by atoms with Crippen molar-refractivity contribution < 1.29 is 47.7 Å². The van der Waals surface area contributed by atoms with Crippen LogP contribution in [0.5, 0.6) is 0 Å². The summed E-state index contributed by atoms with van der Waals surface area (Å²) in [7, 11) is 0. The molecule has 10 atom stereocenters. The second kappa shape index (κ2) is 25.4. The molecule has 346 valence electrons. The van der Waals surface area contributed by atoms with E-state index in [9.17, 15) is 5.11 Å². The maximum atomic E-state index is 11.1. The Morgan fingerprint density at radius 2 is 0.727 bits per heavy atom. The molecule has 11 heteroatoms. The fourth-order valence-electron chi connectivity index (χ4n) is 8.30. The molecule has 0 saturated carbocycles. The quantitative estimate of drug-likeness (QED) is 0.0666.